The molecule has 4 rings (SSSR count). The third-order valence-corrected chi connectivity index (χ3v) is 5.06. The molecule has 0 radical (unpaired) electrons. The van der Waals surface area contributed by atoms with Gasteiger partial charge in [-0.1, -0.05) is 48.5 Å². The van der Waals surface area contributed by atoms with Gasteiger partial charge in [-0.05, 0) is 49.1 Å². The van der Waals surface area contributed by atoms with Crippen molar-refractivity contribution >= 4 is 6.09 Å². The third kappa shape index (κ3) is 4.74. The maximum Gasteiger partial charge on any atom is 0.410 e. The van der Waals surface area contributed by atoms with Crippen LogP contribution in [0, 0.1) is 0 Å². The Hall–Kier alpha value is -3.34. The second-order valence-corrected chi connectivity index (χ2v) is 7.06. The molecule has 148 valence electrons. The van der Waals surface area contributed by atoms with Crippen molar-refractivity contribution in [2.45, 2.75) is 31.9 Å². The molecule has 3 aromatic rings. The van der Waals surface area contributed by atoms with Crippen molar-refractivity contribution in [2.75, 3.05) is 6.54 Å². The fourth-order valence-corrected chi connectivity index (χ4v) is 3.62. The van der Waals surface area contributed by atoms with Crippen LogP contribution in [0.3, 0.4) is 0 Å². The van der Waals surface area contributed by atoms with Gasteiger partial charge in [0.25, 0.3) is 0 Å². The number of carbonyl (C=O) groups is 1. The highest BCUT2D eigenvalue weighted by Gasteiger charge is 2.31. The molecule has 1 aromatic heterocycles. The van der Waals surface area contributed by atoms with Crippen LogP contribution < -0.4 is 4.74 Å². The van der Waals surface area contributed by atoms with Gasteiger partial charge in [-0.15, -0.1) is 0 Å². The molecule has 1 saturated heterocycles. The molecule has 1 atom stereocenters. The van der Waals surface area contributed by atoms with Crippen molar-refractivity contribution in [3.8, 4) is 11.6 Å². The fourth-order valence-electron chi connectivity index (χ4n) is 3.62. The summed E-state index contributed by atoms with van der Waals surface area (Å²) in [7, 11) is 0. The number of piperidine rings is 1. The predicted molar refractivity (Wildman–Crippen MR) is 111 cm³/mol. The molecule has 0 bridgehead atoms. The van der Waals surface area contributed by atoms with E-state index in [1.165, 1.54) is 0 Å². The summed E-state index contributed by atoms with van der Waals surface area (Å²) in [5, 5.41) is 0. The van der Waals surface area contributed by atoms with E-state index in [0.29, 0.717) is 12.4 Å². The molecule has 1 aliphatic heterocycles. The number of likely N-dealkylation sites (tertiary alicyclic amines) is 1. The number of para-hydroxylation sites is 1. The Labute approximate surface area is 170 Å². The van der Waals surface area contributed by atoms with Crippen LogP contribution in [-0.4, -0.2) is 22.5 Å². The average molecular weight is 388 g/mol. The Morgan fingerprint density at radius 2 is 1.72 bits per heavy atom. The van der Waals surface area contributed by atoms with Crippen molar-refractivity contribution in [3.05, 3.63) is 90.1 Å². The van der Waals surface area contributed by atoms with Crippen molar-refractivity contribution < 1.29 is 14.3 Å². The number of aromatic nitrogens is 1. The Morgan fingerprint density at radius 1 is 0.966 bits per heavy atom. The first-order chi connectivity index (χ1) is 14.3. The number of hydrogen-bond donors (Lipinski definition) is 0. The zero-order chi connectivity index (χ0) is 19.9. The Balaban J connectivity index is 1.52. The maximum absolute atomic E-state index is 12.9. The first kappa shape index (κ1) is 19.0. The number of amides is 1. The van der Waals surface area contributed by atoms with Gasteiger partial charge in [0.05, 0.1) is 6.04 Å². The van der Waals surface area contributed by atoms with E-state index in [2.05, 4.69) is 4.98 Å². The largest absolute Gasteiger partial charge is 0.445 e. The molecule has 0 spiro atoms. The number of ether oxygens (including phenoxy) is 2. The van der Waals surface area contributed by atoms with E-state index in [1.54, 1.807) is 11.1 Å². The fraction of sp³-hybridized carbons (Fsp3) is 0.250. The van der Waals surface area contributed by atoms with Gasteiger partial charge in [0, 0.05) is 18.3 Å². The minimum absolute atomic E-state index is 0.112. The van der Waals surface area contributed by atoms with E-state index in [4.69, 9.17) is 9.47 Å². The van der Waals surface area contributed by atoms with Crippen LogP contribution in [0.5, 0.6) is 11.6 Å². The molecule has 0 unspecified atom stereocenters. The lowest BCUT2D eigenvalue weighted by molar-refractivity contribution is 0.0673. The summed E-state index contributed by atoms with van der Waals surface area (Å²) < 4.78 is 11.6. The summed E-state index contributed by atoms with van der Waals surface area (Å²) >= 11 is 0. The zero-order valence-electron chi connectivity index (χ0n) is 16.2. The van der Waals surface area contributed by atoms with E-state index in [1.807, 2.05) is 72.8 Å². The molecule has 0 saturated carbocycles. The van der Waals surface area contributed by atoms with E-state index >= 15 is 0 Å². The van der Waals surface area contributed by atoms with Gasteiger partial charge in [-0.2, -0.15) is 0 Å². The van der Waals surface area contributed by atoms with Gasteiger partial charge < -0.3 is 14.4 Å². The summed E-state index contributed by atoms with van der Waals surface area (Å²) in [6.07, 6.45) is 4.28. The molecule has 29 heavy (non-hydrogen) atoms. The highest BCUT2D eigenvalue weighted by atomic mass is 16.6. The van der Waals surface area contributed by atoms with Crippen molar-refractivity contribution in [2.24, 2.45) is 0 Å². The molecule has 2 heterocycles. The molecule has 5 heteroatoms. The molecular formula is C24H24N2O3. The standard InChI is InChI=1S/C24H24N2O3/c27-24(28-18-19-10-3-1-4-11-19)26-17-8-7-15-22(26)21-14-9-16-25-23(21)29-20-12-5-2-6-13-20/h1-6,9-14,16,22H,7-8,15,17-18H2/t22-/m1/s1. The predicted octanol–water partition coefficient (Wildman–Crippen LogP) is 5.74. The third-order valence-electron chi connectivity index (χ3n) is 5.06. The smallest absolute Gasteiger partial charge is 0.410 e. The maximum atomic E-state index is 12.9. The molecule has 5 nitrogen and oxygen atoms in total. The monoisotopic (exact) mass is 388 g/mol. The topological polar surface area (TPSA) is 51.7 Å². The van der Waals surface area contributed by atoms with Crippen molar-refractivity contribution in [3.63, 3.8) is 0 Å². The average Bonchev–Trinajstić information content (AvgIpc) is 2.79. The molecule has 1 aliphatic rings. The first-order valence-corrected chi connectivity index (χ1v) is 9.96. The second kappa shape index (κ2) is 9.24. The van der Waals surface area contributed by atoms with Gasteiger partial charge in [0.2, 0.25) is 5.88 Å². The summed E-state index contributed by atoms with van der Waals surface area (Å²) in [6, 6.07) is 23.1. The molecule has 1 amide bonds. The summed E-state index contributed by atoms with van der Waals surface area (Å²) in [6.45, 7) is 0.932. The number of nitrogens with zero attached hydrogens (tertiary/aromatic N) is 2. The Morgan fingerprint density at radius 3 is 2.52 bits per heavy atom. The van der Waals surface area contributed by atoms with Crippen LogP contribution in [0.1, 0.15) is 36.4 Å². The van der Waals surface area contributed by atoms with E-state index in [9.17, 15) is 4.79 Å². The molecule has 2 aromatic carbocycles. The number of benzene rings is 2. The normalized spacial score (nSPS) is 16.3. The van der Waals surface area contributed by atoms with Crippen LogP contribution in [-0.2, 0) is 11.3 Å². The molecular weight excluding hydrogens is 364 g/mol. The molecule has 1 fully saturated rings. The van der Waals surface area contributed by atoms with Crippen LogP contribution in [0.4, 0.5) is 4.79 Å². The highest BCUT2D eigenvalue weighted by molar-refractivity contribution is 5.68. The zero-order valence-corrected chi connectivity index (χ0v) is 16.2. The van der Waals surface area contributed by atoms with Crippen LogP contribution in [0.2, 0.25) is 0 Å². The Kier molecular flexibility index (Phi) is 6.05. The second-order valence-electron chi connectivity index (χ2n) is 7.06. The summed E-state index contributed by atoms with van der Waals surface area (Å²) in [4.78, 5) is 19.1. The van der Waals surface area contributed by atoms with E-state index < -0.39 is 0 Å². The SMILES string of the molecule is O=C(OCc1ccccc1)N1CCCC[C@@H]1c1cccnc1Oc1ccccc1. The number of pyridine rings is 1. The minimum Gasteiger partial charge on any atom is -0.445 e. The van der Waals surface area contributed by atoms with Crippen molar-refractivity contribution in [1.82, 2.24) is 9.88 Å². The highest BCUT2D eigenvalue weighted by Crippen LogP contribution is 2.37. The number of carbonyl (C=O) groups excluding carboxylic acids is 1. The van der Waals surface area contributed by atoms with Gasteiger partial charge in [0.1, 0.15) is 12.4 Å². The van der Waals surface area contributed by atoms with Gasteiger partial charge >= 0.3 is 6.09 Å². The lowest BCUT2D eigenvalue weighted by Gasteiger charge is -2.35. The van der Waals surface area contributed by atoms with Crippen LogP contribution in [0.15, 0.2) is 79.0 Å². The number of hydrogen-bond acceptors (Lipinski definition) is 4. The van der Waals surface area contributed by atoms with E-state index in [0.717, 1.165) is 36.1 Å². The lowest BCUT2D eigenvalue weighted by Crippen LogP contribution is -2.39. The Bertz CT molecular complexity index is 931. The summed E-state index contributed by atoms with van der Waals surface area (Å²) in [5.41, 5.74) is 1.89. The first-order valence-electron chi connectivity index (χ1n) is 9.96. The summed E-state index contributed by atoms with van der Waals surface area (Å²) in [5.74, 6) is 1.26. The van der Waals surface area contributed by atoms with Gasteiger partial charge in [-0.25, -0.2) is 9.78 Å². The lowest BCUT2D eigenvalue weighted by atomic mass is 9.96. The van der Waals surface area contributed by atoms with E-state index in [-0.39, 0.29) is 18.7 Å². The van der Waals surface area contributed by atoms with Gasteiger partial charge in [-0.3, -0.25) is 0 Å². The minimum atomic E-state index is -0.298. The van der Waals surface area contributed by atoms with Gasteiger partial charge in [0.15, 0.2) is 0 Å². The van der Waals surface area contributed by atoms with Crippen molar-refractivity contribution in [1.29, 1.82) is 0 Å². The van der Waals surface area contributed by atoms with Crippen LogP contribution >= 0.6 is 0 Å². The molecule has 0 N–H and O–H groups in total. The number of rotatable bonds is 5. The van der Waals surface area contributed by atoms with Crippen LogP contribution in [0.25, 0.3) is 0 Å². The molecule has 0 aliphatic carbocycles. The quantitative estimate of drug-likeness (QED) is 0.559.